The molecule has 0 aromatic rings. The average Bonchev–Trinajstić information content (AvgIpc) is 3.31. The van der Waals surface area contributed by atoms with Crippen molar-refractivity contribution in [2.75, 3.05) is 13.2 Å². The van der Waals surface area contributed by atoms with Gasteiger partial charge in [0, 0.05) is 0 Å². The number of hydrogen-bond acceptors (Lipinski definition) is 10. The van der Waals surface area contributed by atoms with Crippen LogP contribution in [0.2, 0.25) is 0 Å². The minimum Gasteiger partial charge on any atom is -0.394 e. The van der Waals surface area contributed by atoms with Gasteiger partial charge in [-0.2, -0.15) is 0 Å². The van der Waals surface area contributed by atoms with Crippen molar-refractivity contribution in [1.82, 2.24) is 5.32 Å². The summed E-state index contributed by atoms with van der Waals surface area (Å²) in [5.41, 5.74) is 0. The third kappa shape index (κ3) is 32.9. The van der Waals surface area contributed by atoms with Gasteiger partial charge < -0.3 is 50.5 Å². The molecule has 1 aliphatic heterocycles. The van der Waals surface area contributed by atoms with Gasteiger partial charge in [-0.05, 0) is 51.4 Å². The predicted octanol–water partition coefficient (Wildman–Crippen LogP) is 10.6. The molecule has 0 aliphatic carbocycles. The highest BCUT2D eigenvalue weighted by Gasteiger charge is 2.44. The highest BCUT2D eigenvalue weighted by Crippen LogP contribution is 2.23. The van der Waals surface area contributed by atoms with Crippen molar-refractivity contribution >= 4 is 5.91 Å². The first-order valence-electron chi connectivity index (χ1n) is 27.2. The van der Waals surface area contributed by atoms with E-state index in [4.69, 9.17) is 9.47 Å². The Morgan fingerprint density at radius 2 is 0.923 bits per heavy atom. The van der Waals surface area contributed by atoms with Gasteiger partial charge in [0.05, 0.1) is 25.4 Å². The van der Waals surface area contributed by atoms with Crippen molar-refractivity contribution in [1.29, 1.82) is 0 Å². The van der Waals surface area contributed by atoms with Gasteiger partial charge in [0.25, 0.3) is 0 Å². The monoisotopic (exact) mass is 926 g/mol. The van der Waals surface area contributed by atoms with Crippen LogP contribution >= 0.6 is 0 Å². The van der Waals surface area contributed by atoms with Gasteiger partial charge in [-0.25, -0.2) is 0 Å². The maximum Gasteiger partial charge on any atom is 0.249 e. The molecule has 8 N–H and O–H groups in total. The molecule has 0 aromatic carbocycles. The predicted molar refractivity (Wildman–Crippen MR) is 266 cm³/mol. The lowest BCUT2D eigenvalue weighted by Gasteiger charge is -2.40. The molecule has 0 saturated carbocycles. The van der Waals surface area contributed by atoms with E-state index >= 15 is 0 Å². The normalized spacial score (nSPS) is 21.0. The number of allylic oxidation sites excluding steroid dienone is 4. The first-order valence-corrected chi connectivity index (χ1v) is 27.2. The summed E-state index contributed by atoms with van der Waals surface area (Å²) in [6.45, 7) is 3.43. The van der Waals surface area contributed by atoms with Gasteiger partial charge in [-0.3, -0.25) is 4.79 Å². The number of aliphatic hydroxyl groups is 7. The molecule has 9 unspecified atom stereocenters. The SMILES string of the molecule is CCCCCCCCCCCCCCCCCCC/C=C/CC/C=C/CCCC(O)C(O)C(COC1OC(CO)C(O)C(O)C1O)NC(=O)C(O)CCCCCCCCCCCCCC. The van der Waals surface area contributed by atoms with Gasteiger partial charge in [0.1, 0.15) is 36.6 Å². The third-order valence-electron chi connectivity index (χ3n) is 13.2. The summed E-state index contributed by atoms with van der Waals surface area (Å²) in [4.78, 5) is 13.1. The zero-order valence-corrected chi connectivity index (χ0v) is 41.7. The van der Waals surface area contributed by atoms with Crippen LogP contribution in [0.4, 0.5) is 0 Å². The van der Waals surface area contributed by atoms with E-state index in [-0.39, 0.29) is 12.8 Å². The summed E-state index contributed by atoms with van der Waals surface area (Å²) in [5, 5.41) is 75.8. The Hall–Kier alpha value is -1.41. The molecule has 9 atom stereocenters. The Labute approximate surface area is 397 Å². The van der Waals surface area contributed by atoms with Crippen molar-refractivity contribution < 1.29 is 50.0 Å². The van der Waals surface area contributed by atoms with Crippen LogP contribution in [0.25, 0.3) is 0 Å². The van der Waals surface area contributed by atoms with Crippen molar-refractivity contribution in [3.8, 4) is 0 Å². The highest BCUT2D eigenvalue weighted by molar-refractivity contribution is 5.80. The van der Waals surface area contributed by atoms with Crippen LogP contribution in [0.5, 0.6) is 0 Å². The number of amides is 1. The Kier molecular flexibility index (Phi) is 41.6. The fourth-order valence-electron chi connectivity index (χ4n) is 8.75. The summed E-state index contributed by atoms with van der Waals surface area (Å²) in [6.07, 6.45) is 39.6. The number of carbonyl (C=O) groups is 1. The molecule has 0 radical (unpaired) electrons. The van der Waals surface area contributed by atoms with E-state index in [2.05, 4.69) is 43.5 Å². The smallest absolute Gasteiger partial charge is 0.249 e. The van der Waals surface area contributed by atoms with Gasteiger partial charge >= 0.3 is 0 Å². The van der Waals surface area contributed by atoms with Crippen LogP contribution in [0.3, 0.4) is 0 Å². The Balaban J connectivity index is 2.33. The van der Waals surface area contributed by atoms with E-state index in [1.165, 1.54) is 161 Å². The molecule has 11 heteroatoms. The lowest BCUT2D eigenvalue weighted by Crippen LogP contribution is -2.60. The largest absolute Gasteiger partial charge is 0.394 e. The number of ether oxygens (including phenoxy) is 2. The molecule has 65 heavy (non-hydrogen) atoms. The topological polar surface area (TPSA) is 189 Å². The molecule has 1 rings (SSSR count). The molecule has 1 fully saturated rings. The molecule has 1 heterocycles. The van der Waals surface area contributed by atoms with Crippen molar-refractivity contribution in [3.63, 3.8) is 0 Å². The van der Waals surface area contributed by atoms with E-state index in [1.54, 1.807) is 0 Å². The van der Waals surface area contributed by atoms with Gasteiger partial charge in [0.15, 0.2) is 6.29 Å². The maximum absolute atomic E-state index is 13.1. The average molecular weight is 926 g/mol. The van der Waals surface area contributed by atoms with Crippen LogP contribution in [0.15, 0.2) is 24.3 Å². The Bertz CT molecular complexity index is 1110. The second-order valence-corrected chi connectivity index (χ2v) is 19.3. The highest BCUT2D eigenvalue weighted by atomic mass is 16.7. The maximum atomic E-state index is 13.1. The Morgan fingerprint density at radius 3 is 1.37 bits per heavy atom. The molecule has 0 aromatic heterocycles. The summed E-state index contributed by atoms with van der Waals surface area (Å²) >= 11 is 0. The van der Waals surface area contributed by atoms with Crippen LogP contribution in [-0.2, 0) is 14.3 Å². The number of carbonyl (C=O) groups excluding carboxylic acids is 1. The number of nitrogens with one attached hydrogen (secondary N) is 1. The molecular formula is C54H103NO10. The van der Waals surface area contributed by atoms with Gasteiger partial charge in [-0.1, -0.05) is 218 Å². The summed E-state index contributed by atoms with van der Waals surface area (Å²) < 4.78 is 11.1. The van der Waals surface area contributed by atoms with Crippen LogP contribution in [0.1, 0.15) is 245 Å². The Morgan fingerprint density at radius 1 is 0.523 bits per heavy atom. The zero-order valence-electron chi connectivity index (χ0n) is 41.7. The van der Waals surface area contributed by atoms with E-state index < -0.39 is 74.2 Å². The number of unbranched alkanes of at least 4 members (excludes halogenated alkanes) is 30. The summed E-state index contributed by atoms with van der Waals surface area (Å²) in [7, 11) is 0. The first kappa shape index (κ1) is 61.6. The van der Waals surface area contributed by atoms with Gasteiger partial charge in [0.2, 0.25) is 5.91 Å². The molecule has 11 nitrogen and oxygen atoms in total. The third-order valence-corrected chi connectivity index (χ3v) is 13.2. The van der Waals surface area contributed by atoms with E-state index in [9.17, 15) is 40.5 Å². The second kappa shape index (κ2) is 43.8. The standard InChI is InChI=1S/C54H103NO10/c1-3-5-7-9-11-13-15-17-18-19-20-21-22-23-24-25-26-27-28-29-30-32-33-35-37-39-41-46(57)49(59)45(44-64-54-52(62)51(61)50(60)48(43-56)65-54)55-53(63)47(58)42-40-38-36-34-31-16-14-12-10-8-6-4-2/h28-29,33,35,45-52,54,56-62H,3-27,30-32,34,36-44H2,1-2H3,(H,55,63)/b29-28+,35-33+. The number of aliphatic hydroxyl groups excluding tert-OH is 7. The quantitative estimate of drug-likeness (QED) is 0.0216. The molecule has 1 amide bonds. The fraction of sp³-hybridized carbons (Fsp3) is 0.907. The summed E-state index contributed by atoms with van der Waals surface area (Å²) in [6, 6.07) is -1.19. The minimum absolute atomic E-state index is 0.249. The zero-order chi connectivity index (χ0) is 47.6. The van der Waals surface area contributed by atoms with Crippen LogP contribution in [-0.4, -0.2) is 110 Å². The molecule has 1 saturated heterocycles. The van der Waals surface area contributed by atoms with Crippen LogP contribution in [0, 0.1) is 0 Å². The van der Waals surface area contributed by atoms with E-state index in [0.717, 1.165) is 38.5 Å². The van der Waals surface area contributed by atoms with E-state index in [1.807, 2.05) is 0 Å². The van der Waals surface area contributed by atoms with Gasteiger partial charge in [-0.15, -0.1) is 0 Å². The lowest BCUT2D eigenvalue weighted by atomic mass is 9.98. The summed E-state index contributed by atoms with van der Waals surface area (Å²) in [5.74, 6) is -0.709. The first-order chi connectivity index (χ1) is 31.7. The van der Waals surface area contributed by atoms with E-state index in [0.29, 0.717) is 19.3 Å². The minimum atomic E-state index is -1.67. The molecule has 0 spiro atoms. The fourth-order valence-corrected chi connectivity index (χ4v) is 8.75. The molecule has 384 valence electrons. The van der Waals surface area contributed by atoms with Crippen molar-refractivity contribution in [2.24, 2.45) is 0 Å². The molecule has 1 aliphatic rings. The van der Waals surface area contributed by atoms with Crippen molar-refractivity contribution in [2.45, 2.75) is 300 Å². The van der Waals surface area contributed by atoms with Crippen molar-refractivity contribution in [3.05, 3.63) is 24.3 Å². The number of rotatable bonds is 46. The lowest BCUT2D eigenvalue weighted by molar-refractivity contribution is -0.303. The number of hydrogen-bond donors (Lipinski definition) is 8. The molecular weight excluding hydrogens is 823 g/mol. The second-order valence-electron chi connectivity index (χ2n) is 19.3. The van der Waals surface area contributed by atoms with Crippen LogP contribution < -0.4 is 5.32 Å². The molecule has 0 bridgehead atoms.